The van der Waals surface area contributed by atoms with Gasteiger partial charge in [0, 0.05) is 18.7 Å². The van der Waals surface area contributed by atoms with Crippen molar-refractivity contribution in [3.05, 3.63) is 29.9 Å². The third-order valence-electron chi connectivity index (χ3n) is 2.85. The fraction of sp³-hybridized carbons (Fsp3) is 0.429. The zero-order valence-electron chi connectivity index (χ0n) is 13.0. The van der Waals surface area contributed by atoms with E-state index in [1.54, 1.807) is 19.1 Å². The third kappa shape index (κ3) is 4.81. The van der Waals surface area contributed by atoms with Gasteiger partial charge in [-0.05, 0) is 34.0 Å². The number of anilines is 2. The molecule has 2 aromatic rings. The van der Waals surface area contributed by atoms with Crippen LogP contribution in [0.5, 0.6) is 0 Å². The van der Waals surface area contributed by atoms with E-state index in [1.807, 2.05) is 14.1 Å². The molecule has 118 valence electrons. The van der Waals surface area contributed by atoms with E-state index in [-0.39, 0.29) is 5.91 Å². The Labute approximate surface area is 128 Å². The lowest BCUT2D eigenvalue weighted by Gasteiger charge is -2.09. The Balaban J connectivity index is 1.91. The second-order valence-corrected chi connectivity index (χ2v) is 5.15. The highest BCUT2D eigenvalue weighted by molar-refractivity contribution is 5.92. The predicted molar refractivity (Wildman–Crippen MR) is 82.1 cm³/mol. The molecular weight excluding hydrogens is 284 g/mol. The Hall–Kier alpha value is -2.48. The zero-order chi connectivity index (χ0) is 15.9. The first-order chi connectivity index (χ1) is 10.5. The van der Waals surface area contributed by atoms with Gasteiger partial charge < -0.3 is 20.1 Å². The van der Waals surface area contributed by atoms with Crippen molar-refractivity contribution < 1.29 is 9.32 Å². The van der Waals surface area contributed by atoms with E-state index in [0.29, 0.717) is 29.6 Å². The maximum Gasteiger partial charge on any atom is 0.270 e. The van der Waals surface area contributed by atoms with Gasteiger partial charge >= 0.3 is 0 Å². The maximum absolute atomic E-state index is 12.0. The Kier molecular flexibility index (Phi) is 5.42. The van der Waals surface area contributed by atoms with Gasteiger partial charge in [0.2, 0.25) is 0 Å². The van der Waals surface area contributed by atoms with Crippen molar-refractivity contribution in [2.75, 3.05) is 32.5 Å². The highest BCUT2D eigenvalue weighted by atomic mass is 16.5. The third-order valence-corrected chi connectivity index (χ3v) is 2.85. The SMILES string of the molecule is Cc1cc(Nc2cc(C(=O)NCCCN(C)C)ncn2)no1. The standard InChI is InChI=1S/C14H20N6O2/c1-10-7-13(19-22-10)18-12-8-11(16-9-17-12)14(21)15-5-4-6-20(2)3/h7-9H,4-6H2,1-3H3,(H,15,21)(H,16,17,18,19). The first-order valence-electron chi connectivity index (χ1n) is 7.00. The number of hydrogen-bond donors (Lipinski definition) is 2. The molecule has 8 nitrogen and oxygen atoms in total. The smallest absolute Gasteiger partial charge is 0.270 e. The molecule has 0 spiro atoms. The summed E-state index contributed by atoms with van der Waals surface area (Å²) in [5.41, 5.74) is 0.308. The summed E-state index contributed by atoms with van der Waals surface area (Å²) in [4.78, 5) is 22.1. The largest absolute Gasteiger partial charge is 0.360 e. The molecular formula is C14H20N6O2. The van der Waals surface area contributed by atoms with Gasteiger partial charge in [-0.3, -0.25) is 4.79 Å². The van der Waals surface area contributed by atoms with Gasteiger partial charge in [-0.2, -0.15) is 0 Å². The molecule has 2 N–H and O–H groups in total. The molecule has 2 aromatic heterocycles. The second kappa shape index (κ2) is 7.51. The van der Waals surface area contributed by atoms with Crippen LogP contribution in [0.4, 0.5) is 11.6 Å². The molecule has 0 radical (unpaired) electrons. The molecule has 0 aliphatic heterocycles. The summed E-state index contributed by atoms with van der Waals surface area (Å²) in [6, 6.07) is 3.31. The molecule has 0 aromatic carbocycles. The van der Waals surface area contributed by atoms with Crippen LogP contribution in [0, 0.1) is 6.92 Å². The molecule has 0 saturated carbocycles. The topological polar surface area (TPSA) is 96.2 Å². The molecule has 0 aliphatic rings. The lowest BCUT2D eigenvalue weighted by atomic mass is 10.3. The summed E-state index contributed by atoms with van der Waals surface area (Å²) in [5.74, 6) is 1.49. The van der Waals surface area contributed by atoms with E-state index in [2.05, 4.69) is 30.7 Å². The van der Waals surface area contributed by atoms with Gasteiger partial charge in [-0.1, -0.05) is 5.16 Å². The van der Waals surface area contributed by atoms with Crippen LogP contribution in [0.1, 0.15) is 22.7 Å². The quantitative estimate of drug-likeness (QED) is 0.742. The van der Waals surface area contributed by atoms with Crippen LogP contribution in [0.25, 0.3) is 0 Å². The fourth-order valence-electron chi connectivity index (χ4n) is 1.79. The monoisotopic (exact) mass is 304 g/mol. The van der Waals surface area contributed by atoms with Gasteiger partial charge in [-0.25, -0.2) is 9.97 Å². The van der Waals surface area contributed by atoms with E-state index in [9.17, 15) is 4.79 Å². The minimum absolute atomic E-state index is 0.222. The molecule has 22 heavy (non-hydrogen) atoms. The average Bonchev–Trinajstić information content (AvgIpc) is 2.88. The highest BCUT2D eigenvalue weighted by Gasteiger charge is 2.09. The van der Waals surface area contributed by atoms with Crippen LogP contribution in [0.15, 0.2) is 23.0 Å². The number of nitrogens with zero attached hydrogens (tertiary/aromatic N) is 4. The summed E-state index contributed by atoms with van der Waals surface area (Å²) in [6.07, 6.45) is 2.22. The van der Waals surface area contributed by atoms with Crippen molar-refractivity contribution >= 4 is 17.5 Å². The van der Waals surface area contributed by atoms with Crippen LogP contribution in [0.3, 0.4) is 0 Å². The number of aromatic nitrogens is 3. The predicted octanol–water partition coefficient (Wildman–Crippen LogP) is 1.20. The van der Waals surface area contributed by atoms with E-state index in [1.165, 1.54) is 6.33 Å². The number of amides is 1. The lowest BCUT2D eigenvalue weighted by molar-refractivity contribution is 0.0947. The van der Waals surface area contributed by atoms with Gasteiger partial charge in [-0.15, -0.1) is 0 Å². The van der Waals surface area contributed by atoms with Gasteiger partial charge in [0.15, 0.2) is 5.82 Å². The molecule has 0 unspecified atom stereocenters. The van der Waals surface area contributed by atoms with Crippen molar-refractivity contribution in [3.8, 4) is 0 Å². The lowest BCUT2D eigenvalue weighted by Crippen LogP contribution is -2.27. The maximum atomic E-state index is 12.0. The summed E-state index contributed by atoms with van der Waals surface area (Å²) in [5, 5.41) is 9.60. The number of nitrogens with one attached hydrogen (secondary N) is 2. The van der Waals surface area contributed by atoms with Crippen molar-refractivity contribution in [2.24, 2.45) is 0 Å². The molecule has 2 heterocycles. The van der Waals surface area contributed by atoms with E-state index in [0.717, 1.165) is 13.0 Å². The molecule has 1 amide bonds. The van der Waals surface area contributed by atoms with Crippen molar-refractivity contribution in [3.63, 3.8) is 0 Å². The van der Waals surface area contributed by atoms with Crippen LogP contribution in [0.2, 0.25) is 0 Å². The zero-order valence-corrected chi connectivity index (χ0v) is 13.0. The van der Waals surface area contributed by atoms with Gasteiger partial charge in [0.05, 0.1) is 0 Å². The number of carbonyl (C=O) groups is 1. The Morgan fingerprint density at radius 3 is 2.77 bits per heavy atom. The first kappa shape index (κ1) is 15.9. The summed E-state index contributed by atoms with van der Waals surface area (Å²) < 4.78 is 4.96. The highest BCUT2D eigenvalue weighted by Crippen LogP contribution is 2.14. The molecule has 0 aliphatic carbocycles. The van der Waals surface area contributed by atoms with E-state index >= 15 is 0 Å². The summed E-state index contributed by atoms with van der Waals surface area (Å²) >= 11 is 0. The minimum Gasteiger partial charge on any atom is -0.360 e. The minimum atomic E-state index is -0.222. The Bertz CT molecular complexity index is 625. The molecule has 0 fully saturated rings. The second-order valence-electron chi connectivity index (χ2n) is 5.15. The number of hydrogen-bond acceptors (Lipinski definition) is 7. The molecule has 0 atom stereocenters. The molecule has 0 saturated heterocycles. The summed E-state index contributed by atoms with van der Waals surface area (Å²) in [7, 11) is 3.99. The summed E-state index contributed by atoms with van der Waals surface area (Å²) in [6.45, 7) is 3.32. The van der Waals surface area contributed by atoms with Crippen molar-refractivity contribution in [1.29, 1.82) is 0 Å². The molecule has 2 rings (SSSR count). The Morgan fingerprint density at radius 2 is 2.09 bits per heavy atom. The van der Waals surface area contributed by atoms with Crippen molar-refractivity contribution in [1.82, 2.24) is 25.3 Å². The molecule has 0 bridgehead atoms. The van der Waals surface area contributed by atoms with Crippen LogP contribution in [-0.4, -0.2) is 53.1 Å². The van der Waals surface area contributed by atoms with E-state index in [4.69, 9.17) is 4.52 Å². The van der Waals surface area contributed by atoms with E-state index < -0.39 is 0 Å². The van der Waals surface area contributed by atoms with Crippen LogP contribution in [-0.2, 0) is 0 Å². The first-order valence-corrected chi connectivity index (χ1v) is 7.00. The number of rotatable bonds is 7. The fourth-order valence-corrected chi connectivity index (χ4v) is 1.79. The van der Waals surface area contributed by atoms with Gasteiger partial charge in [0.1, 0.15) is 23.6 Å². The number of aryl methyl sites for hydroxylation is 1. The van der Waals surface area contributed by atoms with Gasteiger partial charge in [0.25, 0.3) is 5.91 Å². The Morgan fingerprint density at radius 1 is 1.27 bits per heavy atom. The van der Waals surface area contributed by atoms with Crippen LogP contribution < -0.4 is 10.6 Å². The van der Waals surface area contributed by atoms with Crippen molar-refractivity contribution in [2.45, 2.75) is 13.3 Å². The average molecular weight is 304 g/mol. The normalized spacial score (nSPS) is 10.7. The van der Waals surface area contributed by atoms with Crippen LogP contribution >= 0.6 is 0 Å². The number of carbonyl (C=O) groups excluding carboxylic acids is 1. The molecule has 8 heteroatoms.